The van der Waals surface area contributed by atoms with Gasteiger partial charge in [0, 0.05) is 61.1 Å². The molecule has 2 aromatic heterocycles. The Morgan fingerprint density at radius 2 is 1.75 bits per heavy atom. The number of halogens is 4. The van der Waals surface area contributed by atoms with Crippen LogP contribution in [0, 0.1) is 11.6 Å². The number of aromatic nitrogens is 3. The Kier molecular flexibility index (Phi) is 6.36. The van der Waals surface area contributed by atoms with Gasteiger partial charge < -0.3 is 10.2 Å². The van der Waals surface area contributed by atoms with E-state index in [4.69, 9.17) is 0 Å². The standard InChI is InChI=1S/C26H25F4N5O/c1-15-7-11-35(15)25-32-13-17(14-33-25)24(36)34-23-19(20-12-18(27)2-3-21(20)28)6-10-31-22(23)16-4-8-26(29,30)9-5-16/h2-3,6,10,12-16H,4-5,7-9,11H2,1H3,(H,34,36)/t15-/m1/s1. The molecule has 1 aliphatic heterocycles. The fourth-order valence-electron chi connectivity index (χ4n) is 4.75. The fourth-order valence-corrected chi connectivity index (χ4v) is 4.75. The molecule has 36 heavy (non-hydrogen) atoms. The first-order valence-corrected chi connectivity index (χ1v) is 11.9. The van der Waals surface area contributed by atoms with E-state index in [9.17, 15) is 22.4 Å². The Morgan fingerprint density at radius 1 is 1.03 bits per heavy atom. The minimum absolute atomic E-state index is 0.0616. The van der Waals surface area contributed by atoms with Crippen molar-refractivity contribution in [2.45, 2.75) is 56.9 Å². The zero-order valence-electron chi connectivity index (χ0n) is 19.6. The number of carbonyl (C=O) groups is 1. The second-order valence-corrected chi connectivity index (χ2v) is 9.43. The summed E-state index contributed by atoms with van der Waals surface area (Å²) in [6, 6.07) is 4.83. The molecule has 1 saturated heterocycles. The third-order valence-corrected chi connectivity index (χ3v) is 7.02. The molecule has 10 heteroatoms. The lowest BCUT2D eigenvalue weighted by Crippen LogP contribution is -2.46. The minimum atomic E-state index is -2.75. The Hall–Kier alpha value is -3.56. The van der Waals surface area contributed by atoms with Crippen LogP contribution >= 0.6 is 0 Å². The third-order valence-electron chi connectivity index (χ3n) is 7.02. The number of nitrogens with zero attached hydrogens (tertiary/aromatic N) is 4. The van der Waals surface area contributed by atoms with Crippen molar-refractivity contribution in [1.82, 2.24) is 15.0 Å². The Bertz CT molecular complexity index is 1270. The summed E-state index contributed by atoms with van der Waals surface area (Å²) in [5.74, 6) is -4.49. The molecule has 1 aromatic carbocycles. The maximum atomic E-state index is 14.7. The number of benzene rings is 1. The predicted molar refractivity (Wildman–Crippen MR) is 127 cm³/mol. The van der Waals surface area contributed by atoms with Gasteiger partial charge >= 0.3 is 0 Å². The van der Waals surface area contributed by atoms with Crippen molar-refractivity contribution >= 4 is 17.5 Å². The van der Waals surface area contributed by atoms with Gasteiger partial charge in [-0.25, -0.2) is 27.5 Å². The van der Waals surface area contributed by atoms with Crippen molar-refractivity contribution in [3.05, 3.63) is 65.7 Å². The monoisotopic (exact) mass is 499 g/mol. The zero-order valence-corrected chi connectivity index (χ0v) is 19.6. The topological polar surface area (TPSA) is 71.0 Å². The van der Waals surface area contributed by atoms with Gasteiger partial charge in [0.2, 0.25) is 11.9 Å². The maximum absolute atomic E-state index is 14.7. The van der Waals surface area contributed by atoms with E-state index < -0.39 is 23.5 Å². The Labute approximate surface area is 205 Å². The summed E-state index contributed by atoms with van der Waals surface area (Å²) in [7, 11) is 0. The van der Waals surface area contributed by atoms with Gasteiger partial charge in [-0.05, 0) is 50.5 Å². The van der Waals surface area contributed by atoms with Crippen molar-refractivity contribution in [3.8, 4) is 11.1 Å². The van der Waals surface area contributed by atoms with Crippen LogP contribution in [0.5, 0.6) is 0 Å². The third kappa shape index (κ3) is 4.76. The van der Waals surface area contributed by atoms with Crippen LogP contribution in [0.1, 0.15) is 61.0 Å². The van der Waals surface area contributed by atoms with Crippen molar-refractivity contribution in [3.63, 3.8) is 0 Å². The highest BCUT2D eigenvalue weighted by Crippen LogP contribution is 2.44. The van der Waals surface area contributed by atoms with E-state index in [2.05, 4.69) is 27.2 Å². The van der Waals surface area contributed by atoms with E-state index >= 15 is 0 Å². The maximum Gasteiger partial charge on any atom is 0.258 e. The lowest BCUT2D eigenvalue weighted by molar-refractivity contribution is -0.0384. The van der Waals surface area contributed by atoms with Crippen molar-refractivity contribution < 1.29 is 22.4 Å². The molecule has 2 fully saturated rings. The molecule has 5 rings (SSSR count). The first-order valence-electron chi connectivity index (χ1n) is 11.9. The van der Waals surface area contributed by atoms with E-state index in [0.717, 1.165) is 31.2 Å². The number of hydrogen-bond donors (Lipinski definition) is 1. The summed E-state index contributed by atoms with van der Waals surface area (Å²) in [5, 5.41) is 2.77. The molecule has 6 nitrogen and oxygen atoms in total. The Balaban J connectivity index is 1.50. The normalized spacial score (nSPS) is 19.6. The van der Waals surface area contributed by atoms with Crippen LogP contribution in [0.15, 0.2) is 42.9 Å². The average molecular weight is 500 g/mol. The number of hydrogen-bond acceptors (Lipinski definition) is 5. The lowest BCUT2D eigenvalue weighted by atomic mass is 9.83. The summed E-state index contributed by atoms with van der Waals surface area (Å²) >= 11 is 0. The van der Waals surface area contributed by atoms with Crippen LogP contribution in [0.2, 0.25) is 0 Å². The van der Waals surface area contributed by atoms with Crippen LogP contribution in [0.3, 0.4) is 0 Å². The van der Waals surface area contributed by atoms with E-state index in [-0.39, 0.29) is 54.0 Å². The van der Waals surface area contributed by atoms with Gasteiger partial charge in [-0.3, -0.25) is 9.78 Å². The van der Waals surface area contributed by atoms with Gasteiger partial charge in [-0.15, -0.1) is 0 Å². The first-order chi connectivity index (χ1) is 17.2. The number of amides is 1. The molecule has 1 amide bonds. The molecule has 2 aliphatic rings. The average Bonchev–Trinajstić information content (AvgIpc) is 2.85. The summed E-state index contributed by atoms with van der Waals surface area (Å²) in [6.07, 6.45) is 4.97. The second-order valence-electron chi connectivity index (χ2n) is 9.43. The van der Waals surface area contributed by atoms with Crippen LogP contribution < -0.4 is 10.2 Å². The minimum Gasteiger partial charge on any atom is -0.338 e. The van der Waals surface area contributed by atoms with Crippen LogP contribution in [0.25, 0.3) is 11.1 Å². The van der Waals surface area contributed by atoms with Gasteiger partial charge in [0.25, 0.3) is 5.91 Å². The van der Waals surface area contributed by atoms with Gasteiger partial charge in [-0.2, -0.15) is 0 Å². The van der Waals surface area contributed by atoms with E-state index in [0.29, 0.717) is 17.7 Å². The number of nitrogens with one attached hydrogen (secondary N) is 1. The Morgan fingerprint density at radius 3 is 2.39 bits per heavy atom. The number of rotatable bonds is 5. The summed E-state index contributed by atoms with van der Waals surface area (Å²) < 4.78 is 56.4. The molecule has 188 valence electrons. The molecule has 3 aromatic rings. The molecule has 1 aliphatic carbocycles. The predicted octanol–water partition coefficient (Wildman–Crippen LogP) is 5.96. The summed E-state index contributed by atoms with van der Waals surface area (Å²) in [5.41, 5.74) is 0.861. The van der Waals surface area contributed by atoms with E-state index in [1.54, 1.807) is 0 Å². The molecular formula is C26H25F4N5O. The summed E-state index contributed by atoms with van der Waals surface area (Å²) in [4.78, 5) is 28.2. The highest BCUT2D eigenvalue weighted by molar-refractivity contribution is 6.06. The van der Waals surface area contributed by atoms with Gasteiger partial charge in [-0.1, -0.05) is 0 Å². The molecule has 1 N–H and O–H groups in total. The highest BCUT2D eigenvalue weighted by atomic mass is 19.3. The largest absolute Gasteiger partial charge is 0.338 e. The number of pyridine rings is 1. The number of anilines is 2. The lowest BCUT2D eigenvalue weighted by Gasteiger charge is -2.38. The van der Waals surface area contributed by atoms with Crippen LogP contribution in [-0.2, 0) is 0 Å². The number of alkyl halides is 2. The van der Waals surface area contributed by atoms with Crippen LogP contribution in [0.4, 0.5) is 29.2 Å². The molecule has 0 spiro atoms. The first kappa shape index (κ1) is 24.1. The SMILES string of the molecule is C[C@@H]1CCN1c1ncc(C(=O)Nc2c(-c3cc(F)ccc3F)ccnc2C2CCC(F)(F)CC2)cn1. The number of carbonyl (C=O) groups excluding carboxylic acids is 1. The van der Waals surface area contributed by atoms with Gasteiger partial charge in [0.05, 0.1) is 16.9 Å². The quantitative estimate of drug-likeness (QED) is 0.439. The van der Waals surface area contributed by atoms with Gasteiger partial charge in [0.1, 0.15) is 11.6 Å². The van der Waals surface area contributed by atoms with E-state index in [1.807, 2.05) is 4.90 Å². The molecule has 0 radical (unpaired) electrons. The molecule has 0 unspecified atom stereocenters. The van der Waals surface area contributed by atoms with Gasteiger partial charge in [0.15, 0.2) is 0 Å². The fraction of sp³-hybridized carbons (Fsp3) is 0.385. The second kappa shape index (κ2) is 9.48. The molecule has 0 bridgehead atoms. The molecule has 1 atom stereocenters. The van der Waals surface area contributed by atoms with Crippen molar-refractivity contribution in [2.75, 3.05) is 16.8 Å². The molecule has 3 heterocycles. The van der Waals surface area contributed by atoms with Crippen LogP contribution in [-0.4, -0.2) is 39.4 Å². The van der Waals surface area contributed by atoms with Crippen molar-refractivity contribution in [2.24, 2.45) is 0 Å². The summed E-state index contributed by atoms with van der Waals surface area (Å²) in [6.45, 7) is 2.90. The van der Waals surface area contributed by atoms with Crippen molar-refractivity contribution in [1.29, 1.82) is 0 Å². The smallest absolute Gasteiger partial charge is 0.258 e. The zero-order chi connectivity index (χ0) is 25.4. The molecule has 1 saturated carbocycles. The highest BCUT2D eigenvalue weighted by Gasteiger charge is 2.37. The van der Waals surface area contributed by atoms with E-state index in [1.165, 1.54) is 24.7 Å². The molecular weight excluding hydrogens is 474 g/mol.